The van der Waals surface area contributed by atoms with Crippen molar-refractivity contribution in [2.24, 2.45) is 0 Å². The van der Waals surface area contributed by atoms with E-state index < -0.39 is 11.6 Å². The normalized spacial score (nSPS) is 11.6. The van der Waals surface area contributed by atoms with E-state index in [1.165, 1.54) is 6.07 Å². The number of nitrogens with zero attached hydrogens (tertiary/aromatic N) is 1. The van der Waals surface area contributed by atoms with Crippen molar-refractivity contribution in [3.8, 4) is 0 Å². The second kappa shape index (κ2) is 5.46. The van der Waals surface area contributed by atoms with Crippen LogP contribution in [0.2, 0.25) is 0 Å². The van der Waals surface area contributed by atoms with Gasteiger partial charge in [-0.25, -0.2) is 8.78 Å². The van der Waals surface area contributed by atoms with Crippen LogP contribution in [0, 0.1) is 11.6 Å². The maximum Gasteiger partial charge on any atom is 0.135 e. The third-order valence-corrected chi connectivity index (χ3v) is 3.02. The molecule has 0 radical (unpaired) electrons. The van der Waals surface area contributed by atoms with Crippen LogP contribution in [0.1, 0.15) is 5.56 Å². The highest BCUT2D eigenvalue weighted by Gasteiger charge is 2.11. The van der Waals surface area contributed by atoms with E-state index in [9.17, 15) is 8.78 Å². The lowest BCUT2D eigenvalue weighted by atomic mass is 10.1. The quantitative estimate of drug-likeness (QED) is 0.855. The van der Waals surface area contributed by atoms with E-state index in [4.69, 9.17) is 5.11 Å². The number of rotatable bonds is 5. The first-order valence-corrected chi connectivity index (χ1v) is 5.86. The summed E-state index contributed by atoms with van der Waals surface area (Å²) in [5.41, 5.74) is 1.31. The van der Waals surface area contributed by atoms with Gasteiger partial charge in [-0.2, -0.15) is 0 Å². The van der Waals surface area contributed by atoms with Gasteiger partial charge in [0.25, 0.3) is 0 Å². The summed E-state index contributed by atoms with van der Waals surface area (Å²) in [5.74, 6) is -1.11. The number of aliphatic hydroxyl groups excluding tert-OH is 1. The Morgan fingerprint density at radius 1 is 1.28 bits per heavy atom. The molecule has 98 valence electrons. The lowest BCUT2D eigenvalue weighted by Crippen LogP contribution is -2.24. The number of nitrogens with one attached hydrogen (secondary N) is 1. The lowest BCUT2D eigenvalue weighted by molar-refractivity contribution is 0.223. The van der Waals surface area contributed by atoms with Gasteiger partial charge in [-0.05, 0) is 25.1 Å². The summed E-state index contributed by atoms with van der Waals surface area (Å²) in [5, 5.41) is 9.24. The monoisotopic (exact) mass is 254 g/mol. The molecule has 0 bridgehead atoms. The second-order valence-corrected chi connectivity index (χ2v) is 4.40. The SMILES string of the molecule is CN(CCO)CCc1c[nH]c2cc(F)cc(F)c12. The van der Waals surface area contributed by atoms with Crippen LogP contribution in [0.3, 0.4) is 0 Å². The maximum atomic E-state index is 13.7. The number of benzene rings is 1. The summed E-state index contributed by atoms with van der Waals surface area (Å²) in [4.78, 5) is 4.84. The molecule has 2 aromatic rings. The Hall–Kier alpha value is -1.46. The van der Waals surface area contributed by atoms with Crippen LogP contribution in [-0.4, -0.2) is 41.7 Å². The number of H-pyrrole nitrogens is 1. The minimum atomic E-state index is -0.578. The van der Waals surface area contributed by atoms with Crippen LogP contribution in [0.4, 0.5) is 8.78 Å². The molecule has 18 heavy (non-hydrogen) atoms. The zero-order valence-corrected chi connectivity index (χ0v) is 10.2. The maximum absolute atomic E-state index is 13.7. The molecular formula is C13H16F2N2O. The summed E-state index contributed by atoms with van der Waals surface area (Å²) in [6.45, 7) is 1.40. The fourth-order valence-corrected chi connectivity index (χ4v) is 2.04. The number of hydrogen-bond acceptors (Lipinski definition) is 2. The molecular weight excluding hydrogens is 238 g/mol. The zero-order valence-electron chi connectivity index (χ0n) is 10.2. The van der Waals surface area contributed by atoms with E-state index >= 15 is 0 Å². The number of fused-ring (bicyclic) bond motifs is 1. The van der Waals surface area contributed by atoms with Gasteiger partial charge in [0.2, 0.25) is 0 Å². The Morgan fingerprint density at radius 3 is 2.78 bits per heavy atom. The highest BCUT2D eigenvalue weighted by molar-refractivity contribution is 5.83. The Morgan fingerprint density at radius 2 is 2.06 bits per heavy atom. The van der Waals surface area contributed by atoms with Crippen LogP contribution in [0.5, 0.6) is 0 Å². The van der Waals surface area contributed by atoms with Crippen LogP contribution in [-0.2, 0) is 6.42 Å². The Bertz CT molecular complexity index is 539. The fraction of sp³-hybridized carbons (Fsp3) is 0.385. The molecule has 1 aromatic heterocycles. The Kier molecular flexibility index (Phi) is 3.93. The molecule has 5 heteroatoms. The van der Waals surface area contributed by atoms with Gasteiger partial charge in [-0.1, -0.05) is 0 Å². The van der Waals surface area contributed by atoms with Crippen molar-refractivity contribution >= 4 is 10.9 Å². The average molecular weight is 254 g/mol. The summed E-state index contributed by atoms with van der Waals surface area (Å²) < 4.78 is 26.7. The molecule has 0 aliphatic heterocycles. The number of halogens is 2. The number of aliphatic hydroxyl groups is 1. The van der Waals surface area contributed by atoms with Crippen molar-refractivity contribution < 1.29 is 13.9 Å². The largest absolute Gasteiger partial charge is 0.395 e. The number of likely N-dealkylation sites (N-methyl/N-ethyl adjacent to an activating group) is 1. The molecule has 0 unspecified atom stereocenters. The van der Waals surface area contributed by atoms with Crippen molar-refractivity contribution in [1.29, 1.82) is 0 Å². The summed E-state index contributed by atoms with van der Waals surface area (Å²) in [6.07, 6.45) is 2.36. The van der Waals surface area contributed by atoms with Gasteiger partial charge in [0.15, 0.2) is 0 Å². The lowest BCUT2D eigenvalue weighted by Gasteiger charge is -2.14. The second-order valence-electron chi connectivity index (χ2n) is 4.40. The standard InChI is InChI=1S/C13H16F2N2O/c1-17(4-5-18)3-2-9-8-16-12-7-10(14)6-11(15)13(9)12/h6-8,16,18H,2-5H2,1H3. The molecule has 0 amide bonds. The van der Waals surface area contributed by atoms with E-state index in [0.717, 1.165) is 11.6 Å². The predicted molar refractivity (Wildman–Crippen MR) is 66.5 cm³/mol. The summed E-state index contributed by atoms with van der Waals surface area (Å²) >= 11 is 0. The van der Waals surface area contributed by atoms with Gasteiger partial charge >= 0.3 is 0 Å². The third kappa shape index (κ3) is 2.68. The van der Waals surface area contributed by atoms with Gasteiger partial charge in [-0.3, -0.25) is 0 Å². The highest BCUT2D eigenvalue weighted by atomic mass is 19.1. The molecule has 0 atom stereocenters. The highest BCUT2D eigenvalue weighted by Crippen LogP contribution is 2.23. The number of aromatic amines is 1. The van der Waals surface area contributed by atoms with E-state index in [2.05, 4.69) is 4.98 Å². The first-order valence-electron chi connectivity index (χ1n) is 5.86. The van der Waals surface area contributed by atoms with Crippen molar-refractivity contribution in [1.82, 2.24) is 9.88 Å². The van der Waals surface area contributed by atoms with Crippen LogP contribution < -0.4 is 0 Å². The minimum Gasteiger partial charge on any atom is -0.395 e. The van der Waals surface area contributed by atoms with E-state index in [1.807, 2.05) is 11.9 Å². The fourth-order valence-electron chi connectivity index (χ4n) is 2.04. The summed E-state index contributed by atoms with van der Waals surface area (Å²) in [7, 11) is 1.89. The van der Waals surface area contributed by atoms with Crippen molar-refractivity contribution in [3.63, 3.8) is 0 Å². The number of hydrogen-bond donors (Lipinski definition) is 2. The first-order chi connectivity index (χ1) is 8.61. The minimum absolute atomic E-state index is 0.101. The zero-order chi connectivity index (χ0) is 13.1. The van der Waals surface area contributed by atoms with Gasteiger partial charge < -0.3 is 15.0 Å². The van der Waals surface area contributed by atoms with Crippen LogP contribution in [0.15, 0.2) is 18.3 Å². The van der Waals surface area contributed by atoms with Crippen LogP contribution >= 0.6 is 0 Å². The van der Waals surface area contributed by atoms with Crippen LogP contribution in [0.25, 0.3) is 10.9 Å². The number of aromatic nitrogens is 1. The smallest absolute Gasteiger partial charge is 0.135 e. The van der Waals surface area contributed by atoms with Gasteiger partial charge in [-0.15, -0.1) is 0 Å². The molecule has 2 rings (SSSR count). The van der Waals surface area contributed by atoms with Crippen molar-refractivity contribution in [2.75, 3.05) is 26.7 Å². The average Bonchev–Trinajstić information content (AvgIpc) is 2.70. The molecule has 0 saturated carbocycles. The topological polar surface area (TPSA) is 39.3 Å². The molecule has 0 saturated heterocycles. The molecule has 1 aromatic carbocycles. The molecule has 0 aliphatic carbocycles. The molecule has 0 fully saturated rings. The molecule has 0 spiro atoms. The van der Waals surface area contributed by atoms with Gasteiger partial charge in [0.1, 0.15) is 11.6 Å². The van der Waals surface area contributed by atoms with E-state index in [0.29, 0.717) is 30.4 Å². The van der Waals surface area contributed by atoms with E-state index in [-0.39, 0.29) is 6.61 Å². The molecule has 3 nitrogen and oxygen atoms in total. The van der Waals surface area contributed by atoms with Crippen molar-refractivity contribution in [3.05, 3.63) is 35.5 Å². The first kappa shape index (κ1) is 13.0. The predicted octanol–water partition coefficient (Wildman–Crippen LogP) is 1.91. The van der Waals surface area contributed by atoms with Gasteiger partial charge in [0, 0.05) is 30.7 Å². The molecule has 2 N–H and O–H groups in total. The summed E-state index contributed by atoms with van der Waals surface area (Å²) in [6, 6.07) is 2.19. The van der Waals surface area contributed by atoms with Gasteiger partial charge in [0.05, 0.1) is 12.1 Å². The molecule has 1 heterocycles. The Balaban J connectivity index is 2.19. The van der Waals surface area contributed by atoms with Crippen molar-refractivity contribution in [2.45, 2.75) is 6.42 Å². The molecule has 0 aliphatic rings. The van der Waals surface area contributed by atoms with E-state index in [1.54, 1.807) is 6.20 Å². The Labute approximate surface area is 104 Å². The third-order valence-electron chi connectivity index (χ3n) is 3.02.